The van der Waals surface area contributed by atoms with Gasteiger partial charge in [-0.3, -0.25) is 14.5 Å². The van der Waals surface area contributed by atoms with Crippen LogP contribution in [-0.2, 0) is 9.47 Å². The quantitative estimate of drug-likeness (QED) is 0.353. The smallest absolute Gasteiger partial charge is 0.261 e. The highest BCUT2D eigenvalue weighted by molar-refractivity contribution is 6.21. The second-order valence-electron chi connectivity index (χ2n) is 15.6. The monoisotopic (exact) mass is 545 g/mol. The van der Waals surface area contributed by atoms with E-state index in [0.29, 0.717) is 51.7 Å². The van der Waals surface area contributed by atoms with Crippen LogP contribution in [0.1, 0.15) is 113 Å². The van der Waals surface area contributed by atoms with Gasteiger partial charge < -0.3 is 9.47 Å². The first-order chi connectivity index (χ1) is 19.2. The Labute approximate surface area is 239 Å². The van der Waals surface area contributed by atoms with E-state index in [0.717, 1.165) is 50.0 Å². The number of carbonyl (C=O) groups excluding carboxylic acids is 2. The molecule has 8 rings (SSSR count). The molecular formula is C35H47NO4. The zero-order valence-corrected chi connectivity index (χ0v) is 24.9. The van der Waals surface area contributed by atoms with Crippen molar-refractivity contribution >= 4 is 11.8 Å². The van der Waals surface area contributed by atoms with Gasteiger partial charge in [-0.1, -0.05) is 39.8 Å². The van der Waals surface area contributed by atoms with Crippen molar-refractivity contribution in [1.29, 1.82) is 0 Å². The maximum absolute atomic E-state index is 13.3. The summed E-state index contributed by atoms with van der Waals surface area (Å²) in [5.41, 5.74) is 1.85. The first-order valence-electron chi connectivity index (χ1n) is 16.4. The van der Waals surface area contributed by atoms with Crippen LogP contribution in [0.2, 0.25) is 0 Å². The number of ether oxygens (including phenoxy) is 2. The summed E-state index contributed by atoms with van der Waals surface area (Å²) < 4.78 is 13.5. The number of hydrogen-bond acceptors (Lipinski definition) is 4. The third-order valence-electron chi connectivity index (χ3n) is 14.1. The van der Waals surface area contributed by atoms with Gasteiger partial charge in [-0.25, -0.2) is 0 Å². The minimum atomic E-state index is -0.335. The number of amides is 2. The Balaban J connectivity index is 1.00. The first-order valence-corrected chi connectivity index (χ1v) is 16.4. The van der Waals surface area contributed by atoms with Crippen LogP contribution in [0, 0.1) is 52.3 Å². The normalized spacial score (nSPS) is 51.3. The molecule has 5 nitrogen and oxygen atoms in total. The van der Waals surface area contributed by atoms with Gasteiger partial charge in [-0.05, 0) is 116 Å². The Hall–Kier alpha value is -1.72. The van der Waals surface area contributed by atoms with E-state index in [9.17, 15) is 9.59 Å². The van der Waals surface area contributed by atoms with Crippen molar-refractivity contribution in [2.75, 3.05) is 6.61 Å². The summed E-state index contributed by atoms with van der Waals surface area (Å²) in [6, 6.07) is 7.42. The standard InChI is InChI=1S/C35H47NO4/c1-20-11-16-35(39-19-20)21(2)30-29(40-35)18-28-26-10-9-22-17-23(12-14-33(22,3)27(26)13-15-34(28,30)4)36-31(37)24-7-5-6-8-25(24)32(36)38/h5-8,20-23,26-30H,9-19H2,1-4H3/t20-,21-,22+,23+,26+,27-,28-,29-,30?,33-,34-,35+/m0/s1. The molecule has 40 heavy (non-hydrogen) atoms. The highest BCUT2D eigenvalue weighted by Crippen LogP contribution is 2.71. The van der Waals surface area contributed by atoms with Crippen molar-refractivity contribution in [3.8, 4) is 0 Å². The van der Waals surface area contributed by atoms with Crippen LogP contribution in [-0.4, -0.2) is 41.3 Å². The van der Waals surface area contributed by atoms with Gasteiger partial charge in [0.2, 0.25) is 0 Å². The molecule has 2 amide bonds. The highest BCUT2D eigenvalue weighted by Gasteiger charge is 2.69. The van der Waals surface area contributed by atoms with Crippen LogP contribution in [0.25, 0.3) is 0 Å². The number of carbonyl (C=O) groups is 2. The SMILES string of the molecule is C[C@H]1CC[C@@]2(OC1)O[C@H]1C[C@H]3[C@@H]4CC[C@@H]5C[C@H](N6C(=O)c7ccccc7C6=O)CC[C@]5(C)[C@H]4CC[C@]3(C)C1[C@@H]2C. The summed E-state index contributed by atoms with van der Waals surface area (Å²) in [6.45, 7) is 10.8. The Morgan fingerprint density at radius 3 is 2.25 bits per heavy atom. The Kier molecular flexibility index (Phi) is 5.62. The predicted octanol–water partition coefficient (Wildman–Crippen LogP) is 7.10. The van der Waals surface area contributed by atoms with E-state index in [4.69, 9.17) is 9.47 Å². The third kappa shape index (κ3) is 3.28. The average molecular weight is 546 g/mol. The van der Waals surface area contributed by atoms with E-state index in [1.807, 2.05) is 24.3 Å². The lowest BCUT2D eigenvalue weighted by Crippen LogP contribution is -2.56. The summed E-state index contributed by atoms with van der Waals surface area (Å²) in [7, 11) is 0. The molecule has 216 valence electrons. The van der Waals surface area contributed by atoms with Gasteiger partial charge in [0.15, 0.2) is 5.79 Å². The summed E-state index contributed by atoms with van der Waals surface area (Å²) in [6.07, 6.45) is 12.1. The van der Waals surface area contributed by atoms with Crippen molar-refractivity contribution in [1.82, 2.24) is 4.90 Å². The van der Waals surface area contributed by atoms with Gasteiger partial charge in [0.1, 0.15) is 0 Å². The molecule has 4 aliphatic carbocycles. The van der Waals surface area contributed by atoms with Crippen LogP contribution in [0.15, 0.2) is 24.3 Å². The fraction of sp³-hybridized carbons (Fsp3) is 0.771. The number of imide groups is 1. The summed E-state index contributed by atoms with van der Waals surface area (Å²) >= 11 is 0. The number of rotatable bonds is 1. The van der Waals surface area contributed by atoms with Crippen LogP contribution < -0.4 is 0 Å². The Morgan fingerprint density at radius 2 is 1.55 bits per heavy atom. The van der Waals surface area contributed by atoms with E-state index >= 15 is 0 Å². The lowest BCUT2D eigenvalue weighted by molar-refractivity contribution is -0.273. The second kappa shape index (κ2) is 8.66. The zero-order valence-electron chi connectivity index (χ0n) is 24.9. The van der Waals surface area contributed by atoms with Gasteiger partial charge in [-0.15, -0.1) is 0 Å². The van der Waals surface area contributed by atoms with Crippen LogP contribution in [0.5, 0.6) is 0 Å². The van der Waals surface area contributed by atoms with E-state index in [1.54, 1.807) is 4.90 Å². The third-order valence-corrected chi connectivity index (χ3v) is 14.1. The fourth-order valence-corrected chi connectivity index (χ4v) is 12.0. The lowest BCUT2D eigenvalue weighted by atomic mass is 9.44. The van der Waals surface area contributed by atoms with Crippen molar-refractivity contribution < 1.29 is 19.1 Å². The van der Waals surface area contributed by atoms with Crippen molar-refractivity contribution in [2.45, 2.75) is 110 Å². The van der Waals surface area contributed by atoms with Crippen molar-refractivity contribution in [3.05, 3.63) is 35.4 Å². The fourth-order valence-electron chi connectivity index (χ4n) is 12.0. The lowest BCUT2D eigenvalue weighted by Gasteiger charge is -2.61. The van der Waals surface area contributed by atoms with Gasteiger partial charge in [0.05, 0.1) is 23.8 Å². The van der Waals surface area contributed by atoms with Gasteiger partial charge in [-0.2, -0.15) is 0 Å². The molecule has 2 saturated heterocycles. The molecule has 1 aromatic rings. The largest absolute Gasteiger partial charge is 0.349 e. The average Bonchev–Trinajstić information content (AvgIpc) is 3.50. The summed E-state index contributed by atoms with van der Waals surface area (Å²) in [4.78, 5) is 28.2. The van der Waals surface area contributed by atoms with Gasteiger partial charge in [0, 0.05) is 18.4 Å². The Morgan fingerprint density at radius 1 is 0.825 bits per heavy atom. The molecule has 3 aliphatic heterocycles. The van der Waals surface area contributed by atoms with E-state index < -0.39 is 0 Å². The molecule has 1 unspecified atom stereocenters. The van der Waals surface area contributed by atoms with E-state index in [-0.39, 0.29) is 23.6 Å². The van der Waals surface area contributed by atoms with Crippen LogP contribution in [0.3, 0.4) is 0 Å². The van der Waals surface area contributed by atoms with Gasteiger partial charge in [0.25, 0.3) is 11.8 Å². The highest BCUT2D eigenvalue weighted by atomic mass is 16.7. The first kappa shape index (κ1) is 25.9. The van der Waals surface area contributed by atoms with Crippen molar-refractivity contribution in [3.63, 3.8) is 0 Å². The summed E-state index contributed by atoms with van der Waals surface area (Å²) in [5, 5.41) is 0. The molecular weight excluding hydrogens is 498 g/mol. The molecule has 6 fully saturated rings. The molecule has 0 N–H and O–H groups in total. The number of nitrogens with zero attached hydrogens (tertiary/aromatic N) is 1. The maximum atomic E-state index is 13.3. The molecule has 3 heterocycles. The molecule has 0 bridgehead atoms. The molecule has 4 saturated carbocycles. The number of benzene rings is 1. The minimum absolute atomic E-state index is 0.0466. The Bertz CT molecular complexity index is 1200. The molecule has 0 aromatic heterocycles. The molecule has 7 aliphatic rings. The maximum Gasteiger partial charge on any atom is 0.261 e. The van der Waals surface area contributed by atoms with Crippen LogP contribution in [0.4, 0.5) is 0 Å². The van der Waals surface area contributed by atoms with E-state index in [2.05, 4.69) is 27.7 Å². The molecule has 1 spiro atoms. The second-order valence-corrected chi connectivity index (χ2v) is 15.6. The molecule has 12 atom stereocenters. The summed E-state index contributed by atoms with van der Waals surface area (Å²) in [5.74, 6) is 4.12. The molecule has 1 aromatic carbocycles. The zero-order chi connectivity index (χ0) is 27.6. The number of hydrogen-bond donors (Lipinski definition) is 0. The van der Waals surface area contributed by atoms with Gasteiger partial charge >= 0.3 is 0 Å². The van der Waals surface area contributed by atoms with E-state index in [1.165, 1.54) is 38.5 Å². The molecule has 0 radical (unpaired) electrons. The van der Waals surface area contributed by atoms with Crippen LogP contribution >= 0.6 is 0 Å². The number of fused-ring (bicyclic) bond motifs is 8. The predicted molar refractivity (Wildman–Crippen MR) is 152 cm³/mol. The van der Waals surface area contributed by atoms with Crippen molar-refractivity contribution in [2.24, 2.45) is 52.3 Å². The molecule has 5 heteroatoms. The minimum Gasteiger partial charge on any atom is -0.349 e. The topological polar surface area (TPSA) is 55.8 Å².